The highest BCUT2D eigenvalue weighted by atomic mass is 32.2. The maximum Gasteiger partial charge on any atom is 0.250 e. The second-order valence-corrected chi connectivity index (χ2v) is 2.91. The molecule has 0 aliphatic carbocycles. The van der Waals surface area contributed by atoms with Crippen LogP contribution in [0.3, 0.4) is 0 Å². The molecule has 1 aromatic heterocycles. The number of carbonyl (C=O) groups excluding carboxylic acids is 1. The Morgan fingerprint density at radius 2 is 2.46 bits per heavy atom. The molecule has 1 rings (SSSR count). The Hall–Kier alpha value is -1.52. The third-order valence-electron chi connectivity index (χ3n) is 1.33. The lowest BCUT2D eigenvalue weighted by molar-refractivity contribution is 0.1000. The second kappa shape index (κ2) is 4.49. The van der Waals surface area contributed by atoms with Crippen LogP contribution in [0, 0.1) is 0 Å². The van der Waals surface area contributed by atoms with Crippen LogP contribution in [0.15, 0.2) is 28.5 Å². The van der Waals surface area contributed by atoms with E-state index >= 15 is 0 Å². The minimum atomic E-state index is -0.609. The molecule has 0 spiro atoms. The zero-order chi connectivity index (χ0) is 9.68. The van der Waals surface area contributed by atoms with Gasteiger partial charge in [0.05, 0.1) is 5.03 Å². The smallest absolute Gasteiger partial charge is 0.250 e. The largest absolute Gasteiger partial charge is 0.287 e. The molecule has 0 bridgehead atoms. The van der Waals surface area contributed by atoms with Crippen molar-refractivity contribution in [2.45, 2.75) is 5.03 Å². The Bertz CT molecular complexity index is 355. The van der Waals surface area contributed by atoms with Crippen molar-refractivity contribution in [1.29, 1.82) is 0 Å². The van der Waals surface area contributed by atoms with Crippen molar-refractivity contribution in [3.63, 3.8) is 0 Å². The highest BCUT2D eigenvalue weighted by molar-refractivity contribution is 7.98. The number of pyridine rings is 1. The maximum absolute atomic E-state index is 11.0. The van der Waals surface area contributed by atoms with Gasteiger partial charge in [-0.2, -0.15) is 0 Å². The van der Waals surface area contributed by atoms with Gasteiger partial charge in [0.1, 0.15) is 0 Å². The van der Waals surface area contributed by atoms with Crippen LogP contribution in [0.25, 0.3) is 10.4 Å². The molecule has 1 aromatic rings. The highest BCUT2D eigenvalue weighted by Gasteiger charge is 2.02. The molecule has 0 saturated heterocycles. The molecule has 66 valence electrons. The predicted molar refractivity (Wildman–Crippen MR) is 49.5 cm³/mol. The second-order valence-electron chi connectivity index (χ2n) is 2.08. The topological polar surface area (TPSA) is 78.7 Å². The summed E-state index contributed by atoms with van der Waals surface area (Å²) in [5, 5.41) is 3.76. The fourth-order valence-corrected chi connectivity index (χ4v) is 1.09. The van der Waals surface area contributed by atoms with Crippen LogP contribution in [0.1, 0.15) is 10.4 Å². The lowest BCUT2D eigenvalue weighted by atomic mass is 10.3. The SMILES string of the molecule is CSc1ccc(C(=O)N=[N+]=[N-])cn1. The molecule has 0 saturated carbocycles. The Morgan fingerprint density at radius 1 is 1.69 bits per heavy atom. The first-order valence-corrected chi connectivity index (χ1v) is 4.60. The van der Waals surface area contributed by atoms with Gasteiger partial charge in [0.25, 0.3) is 5.91 Å². The maximum atomic E-state index is 11.0. The summed E-state index contributed by atoms with van der Waals surface area (Å²) in [4.78, 5) is 17.3. The molecule has 0 N–H and O–H groups in total. The summed E-state index contributed by atoms with van der Waals surface area (Å²) < 4.78 is 0. The Morgan fingerprint density at radius 3 is 2.92 bits per heavy atom. The third-order valence-corrected chi connectivity index (χ3v) is 1.99. The Labute approximate surface area is 78.8 Å². The van der Waals surface area contributed by atoms with Crippen LogP contribution in [-0.2, 0) is 0 Å². The molecular formula is C7H6N4OS. The summed E-state index contributed by atoms with van der Waals surface area (Å²) in [5.41, 5.74) is 8.31. The van der Waals surface area contributed by atoms with E-state index in [0.717, 1.165) is 5.03 Å². The molecular weight excluding hydrogens is 188 g/mol. The van der Waals surface area contributed by atoms with Crippen molar-refractivity contribution < 1.29 is 4.79 Å². The van der Waals surface area contributed by atoms with Crippen LogP contribution in [-0.4, -0.2) is 17.1 Å². The van der Waals surface area contributed by atoms with Crippen LogP contribution in [0.4, 0.5) is 0 Å². The van der Waals surface area contributed by atoms with Gasteiger partial charge in [-0.25, -0.2) is 4.98 Å². The quantitative estimate of drug-likeness (QED) is 0.313. The van der Waals surface area contributed by atoms with Crippen molar-refractivity contribution in [1.82, 2.24) is 4.98 Å². The lowest BCUT2D eigenvalue weighted by Crippen LogP contribution is -1.94. The average Bonchev–Trinajstić information content (AvgIpc) is 2.18. The molecule has 0 aliphatic heterocycles. The Kier molecular flexibility index (Phi) is 3.31. The monoisotopic (exact) mass is 194 g/mol. The lowest BCUT2D eigenvalue weighted by Gasteiger charge is -1.95. The number of rotatable bonds is 2. The molecule has 5 nitrogen and oxygen atoms in total. The minimum absolute atomic E-state index is 0.301. The van der Waals surface area contributed by atoms with Crippen LogP contribution < -0.4 is 0 Å². The van der Waals surface area contributed by atoms with Gasteiger partial charge >= 0.3 is 0 Å². The van der Waals surface area contributed by atoms with Gasteiger partial charge in [-0.1, -0.05) is 0 Å². The third kappa shape index (κ3) is 2.47. The van der Waals surface area contributed by atoms with E-state index in [4.69, 9.17) is 5.53 Å². The van der Waals surface area contributed by atoms with Gasteiger partial charge < -0.3 is 0 Å². The van der Waals surface area contributed by atoms with Crippen LogP contribution >= 0.6 is 11.8 Å². The zero-order valence-corrected chi connectivity index (χ0v) is 7.65. The number of thioether (sulfide) groups is 1. The molecule has 0 atom stereocenters. The van der Waals surface area contributed by atoms with Gasteiger partial charge in [-0.15, -0.1) is 11.8 Å². The van der Waals surface area contributed by atoms with Gasteiger partial charge in [-0.05, 0) is 29.0 Å². The average molecular weight is 194 g/mol. The number of hydrogen-bond donors (Lipinski definition) is 0. The number of aromatic nitrogens is 1. The van der Waals surface area contributed by atoms with Crippen molar-refractivity contribution in [3.8, 4) is 0 Å². The first-order valence-electron chi connectivity index (χ1n) is 3.37. The zero-order valence-electron chi connectivity index (χ0n) is 6.84. The molecule has 0 radical (unpaired) electrons. The van der Waals surface area contributed by atoms with Crippen LogP contribution in [0.5, 0.6) is 0 Å². The number of carbonyl (C=O) groups is 1. The standard InChI is InChI=1S/C7H6N4OS/c1-13-6-3-2-5(4-9-6)7(12)10-11-8/h2-4H,1H3. The van der Waals surface area contributed by atoms with E-state index in [2.05, 4.69) is 15.0 Å². The normalized spacial score (nSPS) is 9.00. The first-order chi connectivity index (χ1) is 6.27. The van der Waals surface area contributed by atoms with Gasteiger partial charge in [0, 0.05) is 16.7 Å². The predicted octanol–water partition coefficient (Wildman–Crippen LogP) is 2.25. The van der Waals surface area contributed by atoms with Gasteiger partial charge in [0.2, 0.25) is 0 Å². The van der Waals surface area contributed by atoms with E-state index in [1.165, 1.54) is 18.0 Å². The summed E-state index contributed by atoms with van der Waals surface area (Å²) in [6.45, 7) is 0. The summed E-state index contributed by atoms with van der Waals surface area (Å²) in [7, 11) is 0. The first kappa shape index (κ1) is 9.57. The summed E-state index contributed by atoms with van der Waals surface area (Å²) in [6.07, 6.45) is 3.28. The fourth-order valence-electron chi connectivity index (χ4n) is 0.726. The molecule has 1 heterocycles. The van der Waals surface area contributed by atoms with E-state index in [-0.39, 0.29) is 0 Å². The molecule has 0 unspecified atom stereocenters. The number of amides is 1. The molecule has 1 amide bonds. The molecule has 0 aliphatic rings. The summed E-state index contributed by atoms with van der Waals surface area (Å²) >= 11 is 1.48. The van der Waals surface area contributed by atoms with Crippen molar-refractivity contribution in [2.24, 2.45) is 5.11 Å². The van der Waals surface area contributed by atoms with E-state index in [1.807, 2.05) is 6.26 Å². The van der Waals surface area contributed by atoms with Crippen molar-refractivity contribution >= 4 is 17.7 Å². The van der Waals surface area contributed by atoms with Crippen molar-refractivity contribution in [3.05, 3.63) is 34.3 Å². The molecule has 13 heavy (non-hydrogen) atoms. The number of azide groups is 1. The summed E-state index contributed by atoms with van der Waals surface area (Å²) in [5.74, 6) is -0.609. The number of nitrogens with zero attached hydrogens (tertiary/aromatic N) is 4. The Balaban J connectivity index is 2.92. The fraction of sp³-hybridized carbons (Fsp3) is 0.143. The molecule has 0 aromatic carbocycles. The van der Waals surface area contributed by atoms with E-state index in [1.54, 1.807) is 12.1 Å². The van der Waals surface area contributed by atoms with Crippen molar-refractivity contribution in [2.75, 3.05) is 6.26 Å². The molecule has 0 fully saturated rings. The summed E-state index contributed by atoms with van der Waals surface area (Å²) in [6, 6.07) is 3.28. The van der Waals surface area contributed by atoms with Gasteiger partial charge in [0.15, 0.2) is 0 Å². The van der Waals surface area contributed by atoms with Crippen LogP contribution in [0.2, 0.25) is 0 Å². The van der Waals surface area contributed by atoms with E-state index in [9.17, 15) is 4.79 Å². The minimum Gasteiger partial charge on any atom is -0.287 e. The number of hydrogen-bond acceptors (Lipinski definition) is 3. The molecule has 6 heteroatoms. The van der Waals surface area contributed by atoms with E-state index in [0.29, 0.717) is 5.56 Å². The van der Waals surface area contributed by atoms with E-state index < -0.39 is 5.91 Å². The van der Waals surface area contributed by atoms with Gasteiger partial charge in [-0.3, -0.25) is 4.79 Å². The highest BCUT2D eigenvalue weighted by Crippen LogP contribution is 2.11.